The van der Waals surface area contributed by atoms with Gasteiger partial charge in [-0.05, 0) is 36.8 Å². The van der Waals surface area contributed by atoms with E-state index in [9.17, 15) is 8.78 Å². The van der Waals surface area contributed by atoms with Gasteiger partial charge in [-0.15, -0.1) is 10.2 Å². The Balaban J connectivity index is 2.12. The minimum Gasteiger partial charge on any atom is -0.369 e. The highest BCUT2D eigenvalue weighted by Gasteiger charge is 2.20. The molecular weight excluding hydrogens is 338 g/mol. The third kappa shape index (κ3) is 2.55. The third-order valence-electron chi connectivity index (χ3n) is 4.04. The first-order chi connectivity index (χ1) is 12.6. The number of fused-ring (bicyclic) bond motifs is 1. The Morgan fingerprint density at radius 3 is 2.73 bits per heavy atom. The Kier molecular flexibility index (Phi) is 3.80. The smallest absolute Gasteiger partial charge is 0.207 e. The van der Waals surface area contributed by atoms with E-state index in [4.69, 9.17) is 5.73 Å². The zero-order valence-electron chi connectivity index (χ0n) is 13.8. The molecule has 0 amide bonds. The number of nitrogens with zero attached hydrogens (tertiary/aromatic N) is 5. The molecule has 0 bridgehead atoms. The van der Waals surface area contributed by atoms with Crippen molar-refractivity contribution in [3.05, 3.63) is 59.9 Å². The number of hydrogen-bond acceptors (Lipinski definition) is 5. The summed E-state index contributed by atoms with van der Waals surface area (Å²) < 4.78 is 29.2. The number of benzene rings is 1. The molecule has 2 N–H and O–H groups in total. The molecule has 0 aliphatic rings. The average Bonchev–Trinajstić information content (AvgIpc) is 3.11. The topological polar surface area (TPSA) is 82.0 Å². The van der Waals surface area contributed by atoms with E-state index in [0.717, 1.165) is 0 Å². The van der Waals surface area contributed by atoms with Crippen molar-refractivity contribution in [3.8, 4) is 22.4 Å². The second kappa shape index (κ2) is 6.14. The van der Waals surface area contributed by atoms with Crippen molar-refractivity contribution in [2.75, 3.05) is 5.73 Å². The first-order valence-electron chi connectivity index (χ1n) is 7.86. The molecule has 0 saturated carbocycles. The number of nitrogen functional groups attached to an aromatic ring is 1. The maximum atomic E-state index is 14.5. The zero-order chi connectivity index (χ0) is 18.3. The Hall–Kier alpha value is -3.42. The minimum absolute atomic E-state index is 0.128. The lowest BCUT2D eigenvalue weighted by molar-refractivity contribution is 0.475. The van der Waals surface area contributed by atoms with E-state index in [1.54, 1.807) is 37.3 Å². The molecule has 3 aromatic heterocycles. The van der Waals surface area contributed by atoms with Crippen LogP contribution in [0.3, 0.4) is 0 Å². The molecule has 4 rings (SSSR count). The third-order valence-corrected chi connectivity index (χ3v) is 4.04. The average molecular weight is 352 g/mol. The molecule has 0 radical (unpaired) electrons. The minimum atomic E-state index is -0.713. The van der Waals surface area contributed by atoms with Crippen LogP contribution >= 0.6 is 0 Å². The molecule has 0 aliphatic heterocycles. The molecule has 3 heterocycles. The van der Waals surface area contributed by atoms with Gasteiger partial charge in [-0.3, -0.25) is 9.38 Å². The monoisotopic (exact) mass is 352 g/mol. The summed E-state index contributed by atoms with van der Waals surface area (Å²) in [4.78, 5) is 8.52. The van der Waals surface area contributed by atoms with Crippen molar-refractivity contribution in [1.29, 1.82) is 0 Å². The van der Waals surface area contributed by atoms with Gasteiger partial charge < -0.3 is 5.73 Å². The number of rotatable bonds is 3. The molecule has 0 spiro atoms. The summed E-state index contributed by atoms with van der Waals surface area (Å²) >= 11 is 0. The van der Waals surface area contributed by atoms with Gasteiger partial charge in [-0.2, -0.15) is 0 Å². The fourth-order valence-corrected chi connectivity index (χ4v) is 2.97. The number of nitrogens with two attached hydrogens (primary N) is 1. The number of halogens is 2. The molecular formula is C18H14F2N6. The predicted molar refractivity (Wildman–Crippen MR) is 93.4 cm³/mol. The fraction of sp³-hybridized carbons (Fsp3) is 0.111. The summed E-state index contributed by atoms with van der Waals surface area (Å²) in [5.74, 6) is -0.315. The van der Waals surface area contributed by atoms with E-state index in [1.807, 2.05) is 0 Å². The highest BCUT2D eigenvalue weighted by atomic mass is 19.1. The zero-order valence-corrected chi connectivity index (χ0v) is 13.8. The predicted octanol–water partition coefficient (Wildman–Crippen LogP) is 3.35. The SMILES string of the molecule is Cc1cc(-c2c(-c3ccccc3F)nc(N)n3cnnc23)cc(CF)n1. The summed E-state index contributed by atoms with van der Waals surface area (Å²) in [6.45, 7) is 1.05. The van der Waals surface area contributed by atoms with Crippen molar-refractivity contribution in [2.24, 2.45) is 0 Å². The van der Waals surface area contributed by atoms with Gasteiger partial charge >= 0.3 is 0 Å². The van der Waals surface area contributed by atoms with Crippen LogP contribution in [-0.4, -0.2) is 24.6 Å². The molecule has 1 aromatic carbocycles. The van der Waals surface area contributed by atoms with Crippen LogP contribution in [0.15, 0.2) is 42.7 Å². The van der Waals surface area contributed by atoms with Crippen LogP contribution in [0, 0.1) is 12.7 Å². The molecule has 130 valence electrons. The summed E-state index contributed by atoms with van der Waals surface area (Å²) in [5, 5.41) is 7.99. The Labute approximate surface area is 147 Å². The summed E-state index contributed by atoms with van der Waals surface area (Å²) in [6, 6.07) is 9.62. The van der Waals surface area contributed by atoms with Gasteiger partial charge in [-0.25, -0.2) is 13.8 Å². The van der Waals surface area contributed by atoms with Gasteiger partial charge in [0.05, 0.1) is 17.0 Å². The first kappa shape index (κ1) is 16.1. The van der Waals surface area contributed by atoms with Crippen molar-refractivity contribution in [3.63, 3.8) is 0 Å². The van der Waals surface area contributed by atoms with Crippen LogP contribution in [0.2, 0.25) is 0 Å². The largest absolute Gasteiger partial charge is 0.369 e. The maximum absolute atomic E-state index is 14.5. The van der Waals surface area contributed by atoms with Gasteiger partial charge in [0.25, 0.3) is 0 Å². The summed E-state index contributed by atoms with van der Waals surface area (Å²) in [6.07, 6.45) is 1.43. The molecule has 0 atom stereocenters. The van der Waals surface area contributed by atoms with Crippen molar-refractivity contribution >= 4 is 11.6 Å². The molecule has 4 aromatic rings. The van der Waals surface area contributed by atoms with Gasteiger partial charge in [-0.1, -0.05) is 12.1 Å². The van der Waals surface area contributed by atoms with Gasteiger partial charge in [0, 0.05) is 11.3 Å². The van der Waals surface area contributed by atoms with E-state index < -0.39 is 12.5 Å². The lowest BCUT2D eigenvalue weighted by Crippen LogP contribution is -2.05. The highest BCUT2D eigenvalue weighted by Crippen LogP contribution is 2.36. The Bertz CT molecular complexity index is 1120. The summed E-state index contributed by atoms with van der Waals surface area (Å²) in [7, 11) is 0. The molecule has 0 unspecified atom stereocenters. The van der Waals surface area contributed by atoms with Gasteiger partial charge in [0.15, 0.2) is 5.65 Å². The summed E-state index contributed by atoms with van der Waals surface area (Å²) in [5.41, 5.74) is 9.03. The number of anilines is 1. The highest BCUT2D eigenvalue weighted by molar-refractivity contribution is 5.90. The van der Waals surface area contributed by atoms with Crippen LogP contribution < -0.4 is 5.73 Å². The van der Waals surface area contributed by atoms with Crippen molar-refractivity contribution in [1.82, 2.24) is 24.6 Å². The number of pyridine rings is 1. The van der Waals surface area contributed by atoms with Gasteiger partial charge in [0.2, 0.25) is 5.95 Å². The van der Waals surface area contributed by atoms with Crippen molar-refractivity contribution in [2.45, 2.75) is 13.6 Å². The molecule has 0 saturated heterocycles. The van der Waals surface area contributed by atoms with E-state index in [1.165, 1.54) is 16.8 Å². The number of hydrogen-bond donors (Lipinski definition) is 1. The van der Waals surface area contributed by atoms with Crippen LogP contribution in [0.4, 0.5) is 14.7 Å². The van der Waals surface area contributed by atoms with Gasteiger partial charge in [0.1, 0.15) is 18.8 Å². The molecule has 26 heavy (non-hydrogen) atoms. The lowest BCUT2D eigenvalue weighted by Gasteiger charge is -2.13. The Morgan fingerprint density at radius 1 is 1.15 bits per heavy atom. The van der Waals surface area contributed by atoms with E-state index in [0.29, 0.717) is 28.2 Å². The number of aryl methyl sites for hydroxylation is 1. The van der Waals surface area contributed by atoms with Crippen LogP contribution in [0.5, 0.6) is 0 Å². The first-order valence-corrected chi connectivity index (χ1v) is 7.86. The maximum Gasteiger partial charge on any atom is 0.207 e. The lowest BCUT2D eigenvalue weighted by atomic mass is 9.99. The van der Waals surface area contributed by atoms with E-state index >= 15 is 0 Å². The fourth-order valence-electron chi connectivity index (χ4n) is 2.97. The molecule has 0 aliphatic carbocycles. The van der Waals surface area contributed by atoms with E-state index in [-0.39, 0.29) is 17.2 Å². The standard InChI is InChI=1S/C18H14F2N6/c1-10-6-11(7-12(8-19)23-10)15-16(13-4-2-3-5-14(13)20)24-18(21)26-9-22-25-17(15)26/h2-7,9H,8H2,1H3,(H2,21,24). The van der Waals surface area contributed by atoms with Crippen LogP contribution in [0.25, 0.3) is 28.0 Å². The Morgan fingerprint density at radius 2 is 1.96 bits per heavy atom. The normalized spacial score (nSPS) is 11.2. The molecule has 0 fully saturated rings. The van der Waals surface area contributed by atoms with E-state index in [2.05, 4.69) is 20.2 Å². The van der Waals surface area contributed by atoms with Crippen LogP contribution in [-0.2, 0) is 6.67 Å². The number of aromatic nitrogens is 5. The van der Waals surface area contributed by atoms with Crippen LogP contribution in [0.1, 0.15) is 11.4 Å². The quantitative estimate of drug-likeness (QED) is 0.611. The second-order valence-corrected chi connectivity index (χ2v) is 5.82. The molecule has 8 heteroatoms. The number of alkyl halides is 1. The second-order valence-electron chi connectivity index (χ2n) is 5.82. The molecule has 6 nitrogen and oxygen atoms in total. The van der Waals surface area contributed by atoms with Crippen molar-refractivity contribution < 1.29 is 8.78 Å².